The van der Waals surface area contributed by atoms with E-state index in [1.165, 1.54) is 83.5 Å². The van der Waals surface area contributed by atoms with Crippen LogP contribution >= 0.6 is 0 Å². The van der Waals surface area contributed by atoms with Crippen molar-refractivity contribution in [2.75, 3.05) is 0 Å². The van der Waals surface area contributed by atoms with Crippen molar-refractivity contribution in [1.82, 2.24) is 0 Å². The Morgan fingerprint density at radius 1 is 0.783 bits per heavy atom. The van der Waals surface area contributed by atoms with Crippen LogP contribution in [0.2, 0.25) is 0 Å². The number of hydrogen-bond acceptors (Lipinski definition) is 1. The van der Waals surface area contributed by atoms with Crippen molar-refractivity contribution in [1.29, 1.82) is 0 Å². The fourth-order valence-electron chi connectivity index (χ4n) is 5.99. The Morgan fingerprint density at radius 2 is 1.35 bits per heavy atom. The number of Topliss-reactive ketones (excluding diaryl/α,β-unsaturated/α-hetero) is 1. The maximum Gasteiger partial charge on any atom is 0.133 e. The summed E-state index contributed by atoms with van der Waals surface area (Å²) >= 11 is 0. The lowest BCUT2D eigenvalue weighted by atomic mass is 9.65. The summed E-state index contributed by atoms with van der Waals surface area (Å²) in [6.07, 6.45) is 20.5. The number of unbranched alkanes of at least 4 members (excludes halogenated alkanes) is 1. The molecule has 0 aromatic heterocycles. The average Bonchev–Trinajstić information content (AvgIpc) is 2.61. The van der Waals surface area contributed by atoms with Gasteiger partial charge in [0.15, 0.2) is 0 Å². The van der Waals surface area contributed by atoms with Crippen molar-refractivity contribution in [2.24, 2.45) is 29.6 Å². The zero-order valence-electron chi connectivity index (χ0n) is 15.4. The molecule has 1 unspecified atom stereocenters. The van der Waals surface area contributed by atoms with Gasteiger partial charge in [0, 0.05) is 12.8 Å². The smallest absolute Gasteiger partial charge is 0.133 e. The Kier molecular flexibility index (Phi) is 6.60. The molecule has 0 saturated heterocycles. The zero-order valence-corrected chi connectivity index (χ0v) is 15.4. The summed E-state index contributed by atoms with van der Waals surface area (Å²) in [5, 5.41) is 0. The highest BCUT2D eigenvalue weighted by molar-refractivity contribution is 5.79. The van der Waals surface area contributed by atoms with E-state index in [0.29, 0.717) is 5.78 Å². The SMILES string of the molecule is CCCCC1CCC(C2CCC(C3CCCC(=O)C3)CC2)CC1. The maximum atomic E-state index is 11.7. The van der Waals surface area contributed by atoms with Gasteiger partial charge in [0.1, 0.15) is 5.78 Å². The fraction of sp³-hybridized carbons (Fsp3) is 0.955. The summed E-state index contributed by atoms with van der Waals surface area (Å²) in [6.45, 7) is 2.32. The Labute approximate surface area is 144 Å². The van der Waals surface area contributed by atoms with E-state index < -0.39 is 0 Å². The van der Waals surface area contributed by atoms with Crippen LogP contribution in [0, 0.1) is 29.6 Å². The second-order valence-corrected chi connectivity index (χ2v) is 8.99. The standard InChI is InChI=1S/C22H38O/c1-2-3-5-17-8-10-18(11-9-17)19-12-14-20(15-13-19)21-6-4-7-22(23)16-21/h17-21H,2-16H2,1H3. The van der Waals surface area contributed by atoms with Crippen molar-refractivity contribution in [3.63, 3.8) is 0 Å². The number of ketones is 1. The summed E-state index contributed by atoms with van der Waals surface area (Å²) in [5.41, 5.74) is 0. The molecule has 3 rings (SSSR count). The van der Waals surface area contributed by atoms with Crippen LogP contribution in [0.4, 0.5) is 0 Å². The third-order valence-corrected chi connectivity index (χ3v) is 7.53. The summed E-state index contributed by atoms with van der Waals surface area (Å²) in [5.74, 6) is 5.31. The van der Waals surface area contributed by atoms with Gasteiger partial charge in [0.2, 0.25) is 0 Å². The highest BCUT2D eigenvalue weighted by Crippen LogP contribution is 2.45. The molecule has 0 spiro atoms. The van der Waals surface area contributed by atoms with E-state index in [2.05, 4.69) is 6.92 Å². The van der Waals surface area contributed by atoms with Gasteiger partial charge in [-0.2, -0.15) is 0 Å². The third-order valence-electron chi connectivity index (χ3n) is 7.53. The van der Waals surface area contributed by atoms with Crippen LogP contribution in [0.3, 0.4) is 0 Å². The quantitative estimate of drug-likeness (QED) is 0.562. The van der Waals surface area contributed by atoms with Gasteiger partial charge in [-0.1, -0.05) is 39.0 Å². The first-order valence-corrected chi connectivity index (χ1v) is 10.8. The monoisotopic (exact) mass is 318 g/mol. The maximum absolute atomic E-state index is 11.7. The van der Waals surface area contributed by atoms with Crippen molar-refractivity contribution < 1.29 is 4.79 Å². The second kappa shape index (κ2) is 8.67. The van der Waals surface area contributed by atoms with Gasteiger partial charge < -0.3 is 0 Å². The number of carbonyl (C=O) groups is 1. The molecular formula is C22H38O. The van der Waals surface area contributed by atoms with E-state index in [-0.39, 0.29) is 0 Å². The van der Waals surface area contributed by atoms with Gasteiger partial charge in [0.05, 0.1) is 0 Å². The van der Waals surface area contributed by atoms with E-state index in [4.69, 9.17) is 0 Å². The van der Waals surface area contributed by atoms with Crippen LogP contribution in [-0.4, -0.2) is 5.78 Å². The van der Waals surface area contributed by atoms with Gasteiger partial charge in [0.25, 0.3) is 0 Å². The lowest BCUT2D eigenvalue weighted by molar-refractivity contribution is -0.122. The highest BCUT2D eigenvalue weighted by Gasteiger charge is 2.34. The van der Waals surface area contributed by atoms with E-state index in [1.807, 2.05) is 0 Å². The average molecular weight is 319 g/mol. The molecule has 3 aliphatic carbocycles. The Morgan fingerprint density at radius 3 is 1.91 bits per heavy atom. The molecule has 0 aromatic rings. The normalized spacial score (nSPS) is 39.3. The minimum Gasteiger partial charge on any atom is -0.300 e. The van der Waals surface area contributed by atoms with E-state index in [0.717, 1.165) is 42.4 Å². The molecule has 0 amide bonds. The molecule has 3 fully saturated rings. The van der Waals surface area contributed by atoms with Crippen LogP contribution in [0.5, 0.6) is 0 Å². The molecule has 3 saturated carbocycles. The van der Waals surface area contributed by atoms with Gasteiger partial charge in [-0.05, 0) is 81.0 Å². The molecular weight excluding hydrogens is 280 g/mol. The van der Waals surface area contributed by atoms with Gasteiger partial charge >= 0.3 is 0 Å². The van der Waals surface area contributed by atoms with Crippen LogP contribution in [-0.2, 0) is 4.79 Å². The van der Waals surface area contributed by atoms with Gasteiger partial charge in [-0.3, -0.25) is 4.79 Å². The first kappa shape index (κ1) is 17.5. The van der Waals surface area contributed by atoms with E-state index >= 15 is 0 Å². The summed E-state index contributed by atoms with van der Waals surface area (Å²) < 4.78 is 0. The predicted octanol–water partition coefficient (Wildman–Crippen LogP) is 6.55. The van der Waals surface area contributed by atoms with Gasteiger partial charge in [-0.25, -0.2) is 0 Å². The first-order chi connectivity index (χ1) is 11.3. The summed E-state index contributed by atoms with van der Waals surface area (Å²) in [7, 11) is 0. The lowest BCUT2D eigenvalue weighted by Gasteiger charge is -2.40. The molecule has 0 aliphatic heterocycles. The minimum atomic E-state index is 0.550. The first-order valence-electron chi connectivity index (χ1n) is 10.8. The van der Waals surface area contributed by atoms with E-state index in [1.54, 1.807) is 0 Å². The molecule has 1 heteroatoms. The minimum absolute atomic E-state index is 0.550. The largest absolute Gasteiger partial charge is 0.300 e. The second-order valence-electron chi connectivity index (χ2n) is 8.99. The van der Waals surface area contributed by atoms with Crippen molar-refractivity contribution in [2.45, 2.75) is 103 Å². The fourth-order valence-corrected chi connectivity index (χ4v) is 5.99. The molecule has 0 bridgehead atoms. The van der Waals surface area contributed by atoms with Crippen molar-refractivity contribution in [3.05, 3.63) is 0 Å². The Hall–Kier alpha value is -0.330. The molecule has 132 valence electrons. The van der Waals surface area contributed by atoms with Gasteiger partial charge in [-0.15, -0.1) is 0 Å². The zero-order chi connectivity index (χ0) is 16.1. The molecule has 23 heavy (non-hydrogen) atoms. The predicted molar refractivity (Wildman–Crippen MR) is 97.4 cm³/mol. The molecule has 0 radical (unpaired) electrons. The molecule has 1 nitrogen and oxygen atoms in total. The Balaban J connectivity index is 1.38. The van der Waals surface area contributed by atoms with Crippen molar-refractivity contribution >= 4 is 5.78 Å². The molecule has 0 N–H and O–H groups in total. The third kappa shape index (κ3) is 4.83. The van der Waals surface area contributed by atoms with Crippen molar-refractivity contribution in [3.8, 4) is 0 Å². The molecule has 1 atom stereocenters. The van der Waals surface area contributed by atoms with Crippen LogP contribution in [0.1, 0.15) is 103 Å². The summed E-state index contributed by atoms with van der Waals surface area (Å²) in [6, 6.07) is 0. The van der Waals surface area contributed by atoms with Crippen LogP contribution < -0.4 is 0 Å². The summed E-state index contributed by atoms with van der Waals surface area (Å²) in [4.78, 5) is 11.7. The topological polar surface area (TPSA) is 17.1 Å². The highest BCUT2D eigenvalue weighted by atomic mass is 16.1. The molecule has 0 heterocycles. The number of hydrogen-bond donors (Lipinski definition) is 0. The molecule has 0 aromatic carbocycles. The van der Waals surface area contributed by atoms with E-state index in [9.17, 15) is 4.79 Å². The lowest BCUT2D eigenvalue weighted by Crippen LogP contribution is -2.30. The number of rotatable bonds is 5. The number of carbonyl (C=O) groups excluding carboxylic acids is 1. The van der Waals surface area contributed by atoms with Crippen LogP contribution in [0.15, 0.2) is 0 Å². The molecule has 3 aliphatic rings. The van der Waals surface area contributed by atoms with Crippen LogP contribution in [0.25, 0.3) is 0 Å². The Bertz CT molecular complexity index is 358.